The van der Waals surface area contributed by atoms with E-state index in [1.165, 1.54) is 5.56 Å². The van der Waals surface area contributed by atoms with E-state index in [1.807, 2.05) is 24.3 Å². The average molecular weight is 309 g/mol. The topological polar surface area (TPSA) is 58.9 Å². The van der Waals surface area contributed by atoms with Gasteiger partial charge in [0.15, 0.2) is 5.82 Å². The maximum Gasteiger partial charge on any atom is 0.216 e. The van der Waals surface area contributed by atoms with Crippen molar-refractivity contribution in [1.29, 1.82) is 0 Å². The first kappa shape index (κ1) is 14.3. The van der Waals surface area contributed by atoms with Gasteiger partial charge >= 0.3 is 0 Å². The van der Waals surface area contributed by atoms with Crippen LogP contribution in [0.3, 0.4) is 0 Å². The largest absolute Gasteiger partial charge is 0.265 e. The zero-order chi connectivity index (χ0) is 15.4. The summed E-state index contributed by atoms with van der Waals surface area (Å²) in [6.45, 7) is 2.13. The van der Waals surface area contributed by atoms with Crippen molar-refractivity contribution >= 4 is 18.4 Å². The predicted molar refractivity (Wildman–Crippen MR) is 89.5 cm³/mol. The van der Waals surface area contributed by atoms with Crippen molar-refractivity contribution in [1.82, 2.24) is 19.9 Å². The molecular weight excluding hydrogens is 294 g/mol. The second kappa shape index (κ2) is 6.44. The molecule has 0 aliphatic rings. The molecule has 110 valence electrons. The van der Waals surface area contributed by atoms with Crippen molar-refractivity contribution in [3.63, 3.8) is 0 Å². The fourth-order valence-corrected chi connectivity index (χ4v) is 2.23. The Morgan fingerprint density at radius 2 is 1.91 bits per heavy atom. The minimum atomic E-state index is 0.452. The van der Waals surface area contributed by atoms with Crippen molar-refractivity contribution in [3.8, 4) is 11.4 Å². The summed E-state index contributed by atoms with van der Waals surface area (Å²) in [5, 5.41) is 11.4. The van der Waals surface area contributed by atoms with Crippen LogP contribution in [-0.4, -0.2) is 26.1 Å². The first-order valence-corrected chi connectivity index (χ1v) is 7.40. The molecule has 0 atom stereocenters. The Labute approximate surface area is 133 Å². The Bertz CT molecular complexity index is 831. The van der Waals surface area contributed by atoms with Gasteiger partial charge < -0.3 is 0 Å². The van der Waals surface area contributed by atoms with Crippen LogP contribution in [-0.2, 0) is 6.42 Å². The van der Waals surface area contributed by atoms with E-state index in [1.54, 1.807) is 23.3 Å². The predicted octanol–water partition coefficient (Wildman–Crippen LogP) is 3.45. The number of hydrogen-bond donors (Lipinski definition) is 1. The molecule has 0 amide bonds. The van der Waals surface area contributed by atoms with Crippen LogP contribution in [0.2, 0.25) is 0 Å². The zero-order valence-corrected chi connectivity index (χ0v) is 12.9. The molecule has 0 saturated carbocycles. The van der Waals surface area contributed by atoms with E-state index in [2.05, 4.69) is 39.3 Å². The summed E-state index contributed by atoms with van der Waals surface area (Å²) in [6.07, 6.45) is 6.22. The molecule has 0 fully saturated rings. The molecule has 5 nitrogen and oxygen atoms in total. The van der Waals surface area contributed by atoms with Crippen LogP contribution in [0.15, 0.2) is 53.9 Å². The van der Waals surface area contributed by atoms with Crippen LogP contribution in [0.4, 0.5) is 0 Å². The lowest BCUT2D eigenvalue weighted by atomic mass is 10.1. The van der Waals surface area contributed by atoms with Gasteiger partial charge in [-0.1, -0.05) is 31.2 Å². The molecule has 3 aromatic rings. The van der Waals surface area contributed by atoms with Gasteiger partial charge in [0.1, 0.15) is 0 Å². The SMILES string of the molecule is CCc1ccc(C=Nn2c(-c3ccncc3)n[nH]c2=S)cc1. The molecule has 2 heterocycles. The standard InChI is InChI=1S/C16H15N5S/c1-2-12-3-5-13(6-4-12)11-18-21-15(19-20-16(21)22)14-7-9-17-10-8-14/h3-11H,2H2,1H3,(H,20,22). The number of hydrogen-bond acceptors (Lipinski definition) is 4. The fraction of sp³-hybridized carbons (Fsp3) is 0.125. The first-order chi connectivity index (χ1) is 10.8. The molecule has 1 aromatic carbocycles. The van der Waals surface area contributed by atoms with Gasteiger partial charge in [-0.3, -0.25) is 4.98 Å². The molecule has 0 unspecified atom stereocenters. The Hall–Kier alpha value is -2.60. The van der Waals surface area contributed by atoms with Gasteiger partial charge in [0.2, 0.25) is 4.77 Å². The van der Waals surface area contributed by atoms with Gasteiger partial charge in [-0.05, 0) is 41.9 Å². The number of pyridine rings is 1. The van der Waals surface area contributed by atoms with Crippen molar-refractivity contribution in [3.05, 3.63) is 64.7 Å². The number of aryl methyl sites for hydroxylation is 1. The Morgan fingerprint density at radius 3 is 2.59 bits per heavy atom. The molecule has 2 aromatic heterocycles. The molecule has 1 N–H and O–H groups in total. The Balaban J connectivity index is 1.93. The van der Waals surface area contributed by atoms with Gasteiger partial charge in [-0.25, -0.2) is 5.10 Å². The lowest BCUT2D eigenvalue weighted by Crippen LogP contribution is -1.95. The number of nitrogens with one attached hydrogen (secondary N) is 1. The van der Waals surface area contributed by atoms with Gasteiger partial charge in [0, 0.05) is 18.0 Å². The maximum absolute atomic E-state index is 5.24. The lowest BCUT2D eigenvalue weighted by molar-refractivity contribution is 0.871. The summed E-state index contributed by atoms with van der Waals surface area (Å²) < 4.78 is 2.06. The van der Waals surface area contributed by atoms with Crippen molar-refractivity contribution in [2.75, 3.05) is 0 Å². The summed E-state index contributed by atoms with van der Waals surface area (Å²) in [6, 6.07) is 12.0. The van der Waals surface area contributed by atoms with Gasteiger partial charge in [0.25, 0.3) is 0 Å². The van der Waals surface area contributed by atoms with Crippen molar-refractivity contribution in [2.45, 2.75) is 13.3 Å². The maximum atomic E-state index is 5.24. The third kappa shape index (κ3) is 3.01. The van der Waals surface area contributed by atoms with E-state index in [-0.39, 0.29) is 0 Å². The van der Waals surface area contributed by atoms with E-state index in [0.717, 1.165) is 17.5 Å². The van der Waals surface area contributed by atoms with E-state index in [0.29, 0.717) is 10.6 Å². The highest BCUT2D eigenvalue weighted by Crippen LogP contribution is 2.15. The monoisotopic (exact) mass is 309 g/mol. The zero-order valence-electron chi connectivity index (χ0n) is 12.1. The molecule has 0 bridgehead atoms. The third-order valence-corrected chi connectivity index (χ3v) is 3.56. The van der Waals surface area contributed by atoms with Crippen LogP contribution in [0.25, 0.3) is 11.4 Å². The van der Waals surface area contributed by atoms with Crippen LogP contribution in [0.5, 0.6) is 0 Å². The van der Waals surface area contributed by atoms with E-state index in [9.17, 15) is 0 Å². The first-order valence-electron chi connectivity index (χ1n) is 6.99. The molecule has 6 heteroatoms. The van der Waals surface area contributed by atoms with E-state index in [4.69, 9.17) is 12.2 Å². The smallest absolute Gasteiger partial charge is 0.216 e. The summed E-state index contributed by atoms with van der Waals surface area (Å²) >= 11 is 5.24. The number of aromatic nitrogens is 4. The number of rotatable bonds is 4. The fourth-order valence-electron chi connectivity index (χ4n) is 2.05. The number of nitrogens with zero attached hydrogens (tertiary/aromatic N) is 4. The highest BCUT2D eigenvalue weighted by atomic mass is 32.1. The second-order valence-electron chi connectivity index (χ2n) is 4.74. The number of H-pyrrole nitrogens is 1. The van der Waals surface area contributed by atoms with E-state index >= 15 is 0 Å². The Morgan fingerprint density at radius 1 is 1.18 bits per heavy atom. The minimum absolute atomic E-state index is 0.452. The molecule has 22 heavy (non-hydrogen) atoms. The van der Waals surface area contributed by atoms with Gasteiger partial charge in [-0.2, -0.15) is 14.9 Å². The minimum Gasteiger partial charge on any atom is -0.265 e. The van der Waals surface area contributed by atoms with Crippen molar-refractivity contribution < 1.29 is 0 Å². The summed E-state index contributed by atoms with van der Waals surface area (Å²) in [5.74, 6) is 0.661. The third-order valence-electron chi connectivity index (χ3n) is 3.30. The van der Waals surface area contributed by atoms with Crippen molar-refractivity contribution in [2.24, 2.45) is 5.10 Å². The summed E-state index contributed by atoms with van der Waals surface area (Å²) in [4.78, 5) is 4.01. The second-order valence-corrected chi connectivity index (χ2v) is 5.13. The van der Waals surface area contributed by atoms with Gasteiger partial charge in [0.05, 0.1) is 6.21 Å². The quantitative estimate of drug-likeness (QED) is 0.593. The normalized spacial score (nSPS) is 11.1. The van der Waals surface area contributed by atoms with Crippen LogP contribution >= 0.6 is 12.2 Å². The van der Waals surface area contributed by atoms with Crippen LogP contribution in [0, 0.1) is 4.77 Å². The summed E-state index contributed by atoms with van der Waals surface area (Å²) in [7, 11) is 0. The molecule has 0 aliphatic carbocycles. The van der Waals surface area contributed by atoms with Crippen LogP contribution < -0.4 is 0 Å². The molecule has 0 saturated heterocycles. The molecule has 0 radical (unpaired) electrons. The number of aromatic amines is 1. The Kier molecular flexibility index (Phi) is 4.20. The van der Waals surface area contributed by atoms with Crippen LogP contribution in [0.1, 0.15) is 18.1 Å². The lowest BCUT2D eigenvalue weighted by Gasteiger charge is -2.00. The highest BCUT2D eigenvalue weighted by molar-refractivity contribution is 7.71. The summed E-state index contributed by atoms with van der Waals surface area (Å²) in [5.41, 5.74) is 3.22. The highest BCUT2D eigenvalue weighted by Gasteiger charge is 2.07. The molecular formula is C16H15N5S. The van der Waals surface area contributed by atoms with Gasteiger partial charge in [-0.15, -0.1) is 0 Å². The number of benzene rings is 1. The van der Waals surface area contributed by atoms with E-state index < -0.39 is 0 Å². The molecule has 0 spiro atoms. The molecule has 0 aliphatic heterocycles. The molecule has 3 rings (SSSR count). The average Bonchev–Trinajstić information content (AvgIpc) is 2.95.